The molecular formula is C77H122O6. The highest BCUT2D eigenvalue weighted by molar-refractivity contribution is 5.72. The number of hydrogen-bond donors (Lipinski definition) is 0. The number of carbonyl (C=O) groups excluding carboxylic acids is 3. The zero-order valence-electron chi connectivity index (χ0n) is 53.4. The van der Waals surface area contributed by atoms with Crippen LogP contribution in [0, 0.1) is 0 Å². The Morgan fingerprint density at radius 3 is 0.795 bits per heavy atom. The summed E-state index contributed by atoms with van der Waals surface area (Å²) < 4.78 is 16.8. The maximum atomic E-state index is 12.8. The van der Waals surface area contributed by atoms with Gasteiger partial charge in [0.2, 0.25) is 0 Å². The van der Waals surface area contributed by atoms with Gasteiger partial charge in [-0.25, -0.2) is 0 Å². The van der Waals surface area contributed by atoms with Gasteiger partial charge in [0.15, 0.2) is 6.10 Å². The van der Waals surface area contributed by atoms with Crippen molar-refractivity contribution < 1.29 is 28.6 Å². The topological polar surface area (TPSA) is 78.9 Å². The first-order valence-corrected chi connectivity index (χ1v) is 33.6. The van der Waals surface area contributed by atoms with E-state index in [1.165, 1.54) is 96.3 Å². The van der Waals surface area contributed by atoms with Crippen molar-refractivity contribution in [2.45, 2.75) is 284 Å². The molecule has 0 N–H and O–H groups in total. The maximum absolute atomic E-state index is 12.8. The molecule has 0 aliphatic rings. The first kappa shape index (κ1) is 77.8. The second-order valence-corrected chi connectivity index (χ2v) is 21.6. The van der Waals surface area contributed by atoms with E-state index in [4.69, 9.17) is 14.2 Å². The third kappa shape index (κ3) is 67.4. The van der Waals surface area contributed by atoms with Crippen LogP contribution in [0.25, 0.3) is 0 Å². The van der Waals surface area contributed by atoms with Gasteiger partial charge in [-0.05, 0) is 116 Å². The number of carbonyl (C=O) groups is 3. The van der Waals surface area contributed by atoms with E-state index in [0.29, 0.717) is 19.3 Å². The minimum atomic E-state index is -0.844. The summed E-state index contributed by atoms with van der Waals surface area (Å²) >= 11 is 0. The fraction of sp³-hybridized carbons (Fsp3) is 0.597. The van der Waals surface area contributed by atoms with Gasteiger partial charge < -0.3 is 14.2 Å². The second-order valence-electron chi connectivity index (χ2n) is 21.6. The van der Waals surface area contributed by atoms with Crippen molar-refractivity contribution in [2.24, 2.45) is 0 Å². The monoisotopic (exact) mass is 1140 g/mol. The zero-order valence-corrected chi connectivity index (χ0v) is 53.4. The van der Waals surface area contributed by atoms with Gasteiger partial charge in [0.05, 0.1) is 6.42 Å². The summed E-state index contributed by atoms with van der Waals surface area (Å²) in [5, 5.41) is 0. The lowest BCUT2D eigenvalue weighted by Crippen LogP contribution is -2.30. The molecule has 83 heavy (non-hydrogen) atoms. The van der Waals surface area contributed by atoms with E-state index in [2.05, 4.69) is 179 Å². The third-order valence-electron chi connectivity index (χ3n) is 13.7. The Morgan fingerprint density at radius 2 is 0.506 bits per heavy atom. The first-order valence-electron chi connectivity index (χ1n) is 33.6. The number of ether oxygens (including phenoxy) is 3. The highest BCUT2D eigenvalue weighted by Gasteiger charge is 2.19. The average molecular weight is 1140 g/mol. The van der Waals surface area contributed by atoms with Crippen LogP contribution in [0.4, 0.5) is 0 Å². The molecule has 0 aromatic heterocycles. The molecule has 6 nitrogen and oxygen atoms in total. The van der Waals surface area contributed by atoms with Crippen LogP contribution in [0.15, 0.2) is 170 Å². The Labute approximate surface area is 511 Å². The van der Waals surface area contributed by atoms with Crippen molar-refractivity contribution in [1.82, 2.24) is 0 Å². The molecule has 0 saturated heterocycles. The van der Waals surface area contributed by atoms with E-state index in [1.54, 1.807) is 6.08 Å². The molecule has 0 aliphatic carbocycles. The molecule has 1 atom stereocenters. The molecule has 0 fully saturated rings. The Balaban J connectivity index is 4.36. The van der Waals surface area contributed by atoms with Crippen LogP contribution in [-0.2, 0) is 28.6 Å². The van der Waals surface area contributed by atoms with Gasteiger partial charge in [0.25, 0.3) is 0 Å². The molecule has 0 radical (unpaired) electrons. The van der Waals surface area contributed by atoms with E-state index in [1.807, 2.05) is 6.08 Å². The smallest absolute Gasteiger partial charge is 0.310 e. The van der Waals surface area contributed by atoms with Gasteiger partial charge in [-0.15, -0.1) is 0 Å². The number of esters is 3. The summed E-state index contributed by atoms with van der Waals surface area (Å²) in [7, 11) is 0. The summed E-state index contributed by atoms with van der Waals surface area (Å²) in [5.41, 5.74) is 0. The SMILES string of the molecule is CC/C=C\C/C=C\C/C=C\C/C=C\C/C=C\C/C=C\C/C=C\C/C=C\C/C=C\CCCCCCCCCC(=O)OCC(COC(=O)CCCCCCCCCCCCCCCCC)OC(=O)C/C=C\C/C=C\C/C=C\C/C=C\C/C=C\CC. The van der Waals surface area contributed by atoms with Crippen molar-refractivity contribution in [3.63, 3.8) is 0 Å². The maximum Gasteiger partial charge on any atom is 0.310 e. The molecule has 1 unspecified atom stereocenters. The normalized spacial score (nSPS) is 13.2. The van der Waals surface area contributed by atoms with Crippen LogP contribution in [0.1, 0.15) is 278 Å². The van der Waals surface area contributed by atoms with Gasteiger partial charge >= 0.3 is 17.9 Å². The Hall–Kier alpha value is -5.23. The number of rotatable bonds is 59. The summed E-state index contributed by atoms with van der Waals surface area (Å²) in [5.74, 6) is -1.07. The van der Waals surface area contributed by atoms with E-state index in [-0.39, 0.29) is 31.6 Å². The van der Waals surface area contributed by atoms with Crippen LogP contribution in [0.2, 0.25) is 0 Å². The quantitative estimate of drug-likeness (QED) is 0.0261. The molecule has 0 heterocycles. The molecule has 6 heteroatoms. The standard InChI is InChI=1S/C77H122O6/c1-4-7-10-13-16-19-22-25-28-29-30-31-32-33-34-35-36-37-38-39-40-41-42-43-44-45-46-47-50-52-55-58-61-64-67-70-76(79)82-73-74(83-77(80)71-68-65-62-59-56-53-49-27-24-21-18-15-12-9-6-3)72-81-75(78)69-66-63-60-57-54-51-48-26-23-20-17-14-11-8-5-2/h7,9-10,12,16,18-19,21,25,27-28,30-31,33-34,36-37,39-40,42-43,45-46,49,56,59,65,68,74H,4-6,8,11,13-15,17,20,22-24,26,29,32,35,38,41,44,47-48,50-55,57-58,60-64,66-67,69-73H2,1-3H3/b10-7-,12-9-,19-16-,21-18-,28-25-,31-30-,34-33-,37-36-,40-39-,43-42-,46-45-,49-27-,59-56-,68-65-. The molecular weight excluding hydrogens is 1020 g/mol. The highest BCUT2D eigenvalue weighted by Crippen LogP contribution is 2.15. The van der Waals surface area contributed by atoms with Gasteiger partial charge in [0, 0.05) is 12.8 Å². The van der Waals surface area contributed by atoms with Crippen molar-refractivity contribution in [3.05, 3.63) is 170 Å². The lowest BCUT2D eigenvalue weighted by molar-refractivity contribution is -0.166. The predicted molar refractivity (Wildman–Crippen MR) is 361 cm³/mol. The van der Waals surface area contributed by atoms with Gasteiger partial charge in [0.1, 0.15) is 13.2 Å². The van der Waals surface area contributed by atoms with Crippen LogP contribution < -0.4 is 0 Å². The fourth-order valence-electron chi connectivity index (χ4n) is 8.81. The van der Waals surface area contributed by atoms with E-state index in [0.717, 1.165) is 135 Å². The van der Waals surface area contributed by atoms with E-state index < -0.39 is 12.1 Å². The summed E-state index contributed by atoms with van der Waals surface area (Å²) in [4.78, 5) is 38.2. The molecule has 0 aromatic carbocycles. The van der Waals surface area contributed by atoms with Crippen molar-refractivity contribution in [2.75, 3.05) is 13.2 Å². The van der Waals surface area contributed by atoms with Crippen LogP contribution in [-0.4, -0.2) is 37.2 Å². The van der Waals surface area contributed by atoms with E-state index in [9.17, 15) is 14.4 Å². The van der Waals surface area contributed by atoms with Crippen LogP contribution >= 0.6 is 0 Å². The molecule has 0 spiro atoms. The Bertz CT molecular complexity index is 1890. The lowest BCUT2D eigenvalue weighted by Gasteiger charge is -2.18. The minimum Gasteiger partial charge on any atom is -0.462 e. The van der Waals surface area contributed by atoms with Crippen molar-refractivity contribution >= 4 is 17.9 Å². The minimum absolute atomic E-state index is 0.0889. The zero-order chi connectivity index (χ0) is 59.9. The number of unbranched alkanes of at least 4 members (excludes halogenated alkanes) is 21. The number of hydrogen-bond acceptors (Lipinski definition) is 6. The fourth-order valence-corrected chi connectivity index (χ4v) is 8.81. The Morgan fingerprint density at radius 1 is 0.265 bits per heavy atom. The predicted octanol–water partition coefficient (Wildman–Crippen LogP) is 23.4. The molecule has 0 bridgehead atoms. The van der Waals surface area contributed by atoms with Crippen LogP contribution in [0.5, 0.6) is 0 Å². The van der Waals surface area contributed by atoms with Crippen LogP contribution in [0.3, 0.4) is 0 Å². The van der Waals surface area contributed by atoms with Gasteiger partial charge in [-0.1, -0.05) is 313 Å². The van der Waals surface area contributed by atoms with E-state index >= 15 is 0 Å². The highest BCUT2D eigenvalue weighted by atomic mass is 16.6. The molecule has 0 rings (SSSR count). The molecule has 0 aliphatic heterocycles. The van der Waals surface area contributed by atoms with Crippen molar-refractivity contribution in [3.8, 4) is 0 Å². The summed E-state index contributed by atoms with van der Waals surface area (Å²) in [6.07, 6.45) is 103. The molecule has 0 aromatic rings. The van der Waals surface area contributed by atoms with Gasteiger partial charge in [-0.2, -0.15) is 0 Å². The summed E-state index contributed by atoms with van der Waals surface area (Å²) in [6.45, 7) is 6.32. The first-order chi connectivity index (χ1) is 41.0. The Kier molecular flexibility index (Phi) is 64.9. The molecule has 0 saturated carbocycles. The lowest BCUT2D eigenvalue weighted by atomic mass is 10.0. The third-order valence-corrected chi connectivity index (χ3v) is 13.7. The molecule has 0 amide bonds. The number of allylic oxidation sites excluding steroid dienone is 27. The largest absolute Gasteiger partial charge is 0.462 e. The van der Waals surface area contributed by atoms with Gasteiger partial charge in [-0.3, -0.25) is 14.4 Å². The molecule has 466 valence electrons. The second kappa shape index (κ2) is 69.3. The summed E-state index contributed by atoms with van der Waals surface area (Å²) in [6, 6.07) is 0. The average Bonchev–Trinajstić information content (AvgIpc) is 3.49. The van der Waals surface area contributed by atoms with Crippen molar-refractivity contribution in [1.29, 1.82) is 0 Å².